The molecule has 22 heavy (non-hydrogen) atoms. The van der Waals surface area contributed by atoms with E-state index < -0.39 is 40.4 Å². The lowest BCUT2D eigenvalue weighted by Gasteiger charge is -2.26. The Balaban J connectivity index is 2.58. The van der Waals surface area contributed by atoms with Crippen LogP contribution in [0.5, 0.6) is 0 Å². The largest absolute Gasteiger partial charge is 0.467 e. The summed E-state index contributed by atoms with van der Waals surface area (Å²) in [4.78, 5) is 47.9. The lowest BCUT2D eigenvalue weighted by molar-refractivity contribution is -0.385. The zero-order valence-electron chi connectivity index (χ0n) is 12.2. The Kier molecular flexibility index (Phi) is 3.94. The van der Waals surface area contributed by atoms with Crippen LogP contribution in [0.15, 0.2) is 18.2 Å². The van der Waals surface area contributed by atoms with Gasteiger partial charge in [0.25, 0.3) is 17.5 Å². The maximum Gasteiger partial charge on any atom is 0.329 e. The van der Waals surface area contributed by atoms with Crippen molar-refractivity contribution in [1.82, 2.24) is 4.90 Å². The molecule has 0 aromatic heterocycles. The van der Waals surface area contributed by atoms with Gasteiger partial charge in [0.05, 0.1) is 17.6 Å². The Labute approximate surface area is 125 Å². The third-order valence-electron chi connectivity index (χ3n) is 3.47. The van der Waals surface area contributed by atoms with Gasteiger partial charge in [-0.2, -0.15) is 0 Å². The maximum absolute atomic E-state index is 12.5. The van der Waals surface area contributed by atoms with Gasteiger partial charge >= 0.3 is 5.97 Å². The van der Waals surface area contributed by atoms with Gasteiger partial charge in [0.1, 0.15) is 11.6 Å². The number of hydrogen-bond acceptors (Lipinski definition) is 6. The smallest absolute Gasteiger partial charge is 0.329 e. The van der Waals surface area contributed by atoms with Gasteiger partial charge in [-0.3, -0.25) is 24.6 Å². The molecule has 2 rings (SSSR count). The highest BCUT2D eigenvalue weighted by atomic mass is 16.6. The Morgan fingerprint density at radius 3 is 2.41 bits per heavy atom. The highest BCUT2D eigenvalue weighted by molar-refractivity contribution is 6.24. The van der Waals surface area contributed by atoms with Crippen LogP contribution in [0.3, 0.4) is 0 Å². The van der Waals surface area contributed by atoms with Crippen molar-refractivity contribution in [2.45, 2.75) is 19.9 Å². The monoisotopic (exact) mass is 306 g/mol. The van der Waals surface area contributed by atoms with E-state index in [4.69, 9.17) is 0 Å². The first kappa shape index (κ1) is 15.6. The quantitative estimate of drug-likeness (QED) is 0.360. The van der Waals surface area contributed by atoms with Crippen molar-refractivity contribution in [3.8, 4) is 0 Å². The van der Waals surface area contributed by atoms with Crippen LogP contribution in [-0.2, 0) is 9.53 Å². The van der Waals surface area contributed by atoms with Crippen molar-refractivity contribution >= 4 is 23.5 Å². The Hall–Kier alpha value is -2.77. The fraction of sp³-hybridized carbons (Fsp3) is 0.357. The summed E-state index contributed by atoms with van der Waals surface area (Å²) in [5.41, 5.74) is -0.813. The zero-order valence-corrected chi connectivity index (χ0v) is 12.2. The minimum absolute atomic E-state index is 0.0752. The Bertz CT molecular complexity index is 682. The van der Waals surface area contributed by atoms with Gasteiger partial charge in [-0.1, -0.05) is 19.9 Å². The summed E-state index contributed by atoms with van der Waals surface area (Å²) in [5, 5.41) is 11.0. The normalized spacial score (nSPS) is 15.0. The molecule has 1 unspecified atom stereocenters. The first-order valence-corrected chi connectivity index (χ1v) is 6.54. The van der Waals surface area contributed by atoms with Crippen LogP contribution in [0.25, 0.3) is 0 Å². The average molecular weight is 306 g/mol. The van der Waals surface area contributed by atoms with Crippen LogP contribution < -0.4 is 0 Å². The minimum atomic E-state index is -1.13. The summed E-state index contributed by atoms with van der Waals surface area (Å²) in [6.07, 6.45) is 0. The summed E-state index contributed by atoms with van der Waals surface area (Å²) < 4.78 is 4.64. The highest BCUT2D eigenvalue weighted by Gasteiger charge is 2.47. The van der Waals surface area contributed by atoms with Crippen molar-refractivity contribution in [3.05, 3.63) is 39.4 Å². The summed E-state index contributed by atoms with van der Waals surface area (Å²) in [7, 11) is 1.15. The van der Waals surface area contributed by atoms with Crippen molar-refractivity contribution in [2.75, 3.05) is 7.11 Å². The predicted molar refractivity (Wildman–Crippen MR) is 74.2 cm³/mol. The van der Waals surface area contributed by atoms with Crippen LogP contribution in [0.4, 0.5) is 5.69 Å². The zero-order chi connectivity index (χ0) is 16.6. The molecule has 0 fully saturated rings. The Morgan fingerprint density at radius 1 is 1.27 bits per heavy atom. The molecule has 0 aliphatic carbocycles. The number of ether oxygens (including phenoxy) is 1. The van der Waals surface area contributed by atoms with E-state index in [1.807, 2.05) is 0 Å². The van der Waals surface area contributed by atoms with Gasteiger partial charge in [0.15, 0.2) is 0 Å². The van der Waals surface area contributed by atoms with Gasteiger partial charge < -0.3 is 4.74 Å². The standard InChI is InChI=1S/C14H14N2O6/c1-7(2)11(14(19)22-3)15-12(17)8-5-4-6-9(16(20)21)10(8)13(15)18/h4-7,11H,1-3H3. The molecule has 1 aromatic rings. The summed E-state index contributed by atoms with van der Waals surface area (Å²) in [6, 6.07) is 2.68. The molecule has 0 saturated carbocycles. The summed E-state index contributed by atoms with van der Waals surface area (Å²) in [5.74, 6) is -2.72. The number of nitro benzene ring substituents is 1. The number of fused-ring (bicyclic) bond motifs is 1. The number of amides is 2. The van der Waals surface area contributed by atoms with Crippen molar-refractivity contribution < 1.29 is 24.0 Å². The third-order valence-corrected chi connectivity index (χ3v) is 3.47. The van der Waals surface area contributed by atoms with Crippen molar-refractivity contribution in [3.63, 3.8) is 0 Å². The van der Waals surface area contributed by atoms with Gasteiger partial charge in [-0.25, -0.2) is 4.79 Å². The van der Waals surface area contributed by atoms with Crippen molar-refractivity contribution in [2.24, 2.45) is 5.92 Å². The lowest BCUT2D eigenvalue weighted by Crippen LogP contribution is -2.48. The second-order valence-corrected chi connectivity index (χ2v) is 5.15. The van der Waals surface area contributed by atoms with Crippen LogP contribution >= 0.6 is 0 Å². The SMILES string of the molecule is COC(=O)C(C(C)C)N1C(=O)c2cccc([N+](=O)[O-])c2C1=O. The molecule has 116 valence electrons. The van der Waals surface area contributed by atoms with Crippen LogP contribution in [0, 0.1) is 16.0 Å². The van der Waals surface area contributed by atoms with E-state index >= 15 is 0 Å². The fourth-order valence-electron chi connectivity index (χ4n) is 2.49. The molecule has 8 nitrogen and oxygen atoms in total. The number of imide groups is 1. The average Bonchev–Trinajstić information content (AvgIpc) is 2.72. The molecular formula is C14H14N2O6. The highest BCUT2D eigenvalue weighted by Crippen LogP contribution is 2.33. The van der Waals surface area contributed by atoms with Crippen LogP contribution in [0.1, 0.15) is 34.6 Å². The maximum atomic E-state index is 12.5. The van der Waals surface area contributed by atoms with Gasteiger partial charge in [0.2, 0.25) is 0 Å². The molecule has 8 heteroatoms. The predicted octanol–water partition coefficient (Wildman–Crippen LogP) is 1.39. The molecule has 1 heterocycles. The van der Waals surface area contributed by atoms with E-state index in [-0.39, 0.29) is 11.1 Å². The van der Waals surface area contributed by atoms with Gasteiger partial charge in [0, 0.05) is 6.07 Å². The first-order valence-electron chi connectivity index (χ1n) is 6.54. The molecule has 1 atom stereocenters. The molecule has 0 N–H and O–H groups in total. The minimum Gasteiger partial charge on any atom is -0.467 e. The lowest BCUT2D eigenvalue weighted by atomic mass is 10.0. The number of methoxy groups -OCH3 is 1. The third kappa shape index (κ3) is 2.22. The number of nitrogens with zero attached hydrogens (tertiary/aromatic N) is 2. The summed E-state index contributed by atoms with van der Waals surface area (Å²) in [6.45, 7) is 3.30. The molecule has 1 aromatic carbocycles. The number of hydrogen-bond donors (Lipinski definition) is 0. The van der Waals surface area contributed by atoms with E-state index in [9.17, 15) is 24.5 Å². The molecule has 0 bridgehead atoms. The van der Waals surface area contributed by atoms with Gasteiger partial charge in [-0.15, -0.1) is 0 Å². The van der Waals surface area contributed by atoms with Crippen LogP contribution in [0.2, 0.25) is 0 Å². The Morgan fingerprint density at radius 2 is 1.91 bits per heavy atom. The second kappa shape index (κ2) is 5.55. The van der Waals surface area contributed by atoms with E-state index in [0.29, 0.717) is 0 Å². The molecule has 0 spiro atoms. The van der Waals surface area contributed by atoms with E-state index in [1.54, 1.807) is 13.8 Å². The number of carbonyl (C=O) groups excluding carboxylic acids is 3. The molecule has 2 amide bonds. The molecule has 0 saturated heterocycles. The van der Waals surface area contributed by atoms with Crippen molar-refractivity contribution in [1.29, 1.82) is 0 Å². The fourth-order valence-corrected chi connectivity index (χ4v) is 2.49. The summed E-state index contributed by atoms with van der Waals surface area (Å²) >= 11 is 0. The second-order valence-electron chi connectivity index (χ2n) is 5.15. The van der Waals surface area contributed by atoms with E-state index in [1.165, 1.54) is 12.1 Å². The topological polar surface area (TPSA) is 107 Å². The number of benzene rings is 1. The molecule has 0 radical (unpaired) electrons. The number of esters is 1. The number of nitro groups is 1. The van der Waals surface area contributed by atoms with Crippen LogP contribution in [-0.4, -0.2) is 40.8 Å². The van der Waals surface area contributed by atoms with Gasteiger partial charge in [-0.05, 0) is 12.0 Å². The molecular weight excluding hydrogens is 292 g/mol. The molecule has 1 aliphatic rings. The van der Waals surface area contributed by atoms with E-state index in [0.717, 1.165) is 18.1 Å². The molecule has 1 aliphatic heterocycles. The first-order chi connectivity index (χ1) is 10.3. The number of carbonyl (C=O) groups is 3. The van der Waals surface area contributed by atoms with E-state index in [2.05, 4.69) is 4.74 Å². The number of rotatable bonds is 4.